The van der Waals surface area contributed by atoms with Crippen LogP contribution in [0.2, 0.25) is 5.02 Å². The fourth-order valence-corrected chi connectivity index (χ4v) is 1.29. The third-order valence-corrected chi connectivity index (χ3v) is 2.11. The minimum absolute atomic E-state index is 0.462. The Kier molecular flexibility index (Phi) is 3.86. The molecule has 1 nitrogen and oxygen atoms in total. The number of benzene rings is 1. The lowest BCUT2D eigenvalue weighted by molar-refractivity contribution is 0.174. The average molecular weight is 205 g/mol. The summed E-state index contributed by atoms with van der Waals surface area (Å²) in [6, 6.07) is 7.13. The molecule has 0 aliphatic carbocycles. The van der Waals surface area contributed by atoms with Crippen molar-refractivity contribution in [3.05, 3.63) is 34.9 Å². The topological polar surface area (TPSA) is 20.2 Å². The molecule has 0 saturated carbocycles. The van der Waals surface area contributed by atoms with E-state index in [4.69, 9.17) is 23.2 Å². The summed E-state index contributed by atoms with van der Waals surface area (Å²) in [6.45, 7) is 0. The van der Waals surface area contributed by atoms with Gasteiger partial charge >= 0.3 is 0 Å². The molecule has 66 valence electrons. The number of alkyl halides is 1. The fourth-order valence-electron chi connectivity index (χ4n) is 0.955. The summed E-state index contributed by atoms with van der Waals surface area (Å²) in [5.41, 5.74) is 0.861. The zero-order chi connectivity index (χ0) is 8.97. The Hall–Kier alpha value is -0.240. The first-order valence-corrected chi connectivity index (χ1v) is 4.65. The standard InChI is InChI=1S/C9H10Cl2O/c10-6-5-9(12)7-1-3-8(11)4-2-7/h1-4,9,12H,5-6H2/t9-/m1/s1. The largest absolute Gasteiger partial charge is 0.388 e. The van der Waals surface area contributed by atoms with Crippen molar-refractivity contribution in [1.82, 2.24) is 0 Å². The van der Waals surface area contributed by atoms with Crippen LogP contribution in [0.25, 0.3) is 0 Å². The second kappa shape index (κ2) is 4.70. The van der Waals surface area contributed by atoms with Gasteiger partial charge in [-0.05, 0) is 24.1 Å². The molecule has 0 unspecified atom stereocenters. The summed E-state index contributed by atoms with van der Waals surface area (Å²) in [4.78, 5) is 0. The summed E-state index contributed by atoms with van der Waals surface area (Å²) in [7, 11) is 0. The zero-order valence-electron chi connectivity index (χ0n) is 6.50. The summed E-state index contributed by atoms with van der Waals surface area (Å²) in [5, 5.41) is 10.2. The van der Waals surface area contributed by atoms with Crippen LogP contribution < -0.4 is 0 Å². The molecular formula is C9H10Cl2O. The van der Waals surface area contributed by atoms with Gasteiger partial charge in [0.15, 0.2) is 0 Å². The first-order chi connectivity index (χ1) is 5.74. The van der Waals surface area contributed by atoms with E-state index >= 15 is 0 Å². The van der Waals surface area contributed by atoms with Crippen molar-refractivity contribution >= 4 is 23.2 Å². The van der Waals surface area contributed by atoms with Crippen LogP contribution in [0.1, 0.15) is 18.1 Å². The second-order valence-electron chi connectivity index (χ2n) is 2.55. The van der Waals surface area contributed by atoms with E-state index in [1.54, 1.807) is 24.3 Å². The molecule has 0 aliphatic rings. The lowest BCUT2D eigenvalue weighted by Crippen LogP contribution is -1.97. The molecule has 0 heterocycles. The van der Waals surface area contributed by atoms with Gasteiger partial charge in [-0.1, -0.05) is 23.7 Å². The van der Waals surface area contributed by atoms with Gasteiger partial charge in [0.2, 0.25) is 0 Å². The highest BCUT2D eigenvalue weighted by Crippen LogP contribution is 2.19. The van der Waals surface area contributed by atoms with Gasteiger partial charge in [-0.3, -0.25) is 0 Å². The van der Waals surface area contributed by atoms with Gasteiger partial charge in [-0.25, -0.2) is 0 Å². The van der Waals surface area contributed by atoms with Gasteiger partial charge in [-0.2, -0.15) is 0 Å². The molecule has 1 aromatic rings. The lowest BCUT2D eigenvalue weighted by atomic mass is 10.1. The smallest absolute Gasteiger partial charge is 0.0801 e. The Morgan fingerprint density at radius 1 is 1.25 bits per heavy atom. The maximum absolute atomic E-state index is 9.48. The second-order valence-corrected chi connectivity index (χ2v) is 3.36. The van der Waals surface area contributed by atoms with Crippen molar-refractivity contribution in [2.45, 2.75) is 12.5 Å². The Morgan fingerprint density at radius 2 is 1.83 bits per heavy atom. The normalized spacial score (nSPS) is 12.9. The molecule has 1 rings (SSSR count). The molecule has 0 aromatic heterocycles. The first-order valence-electron chi connectivity index (χ1n) is 3.73. The van der Waals surface area contributed by atoms with Gasteiger partial charge < -0.3 is 5.11 Å². The molecule has 3 heteroatoms. The van der Waals surface area contributed by atoms with Crippen LogP contribution in [0.15, 0.2) is 24.3 Å². The Labute approximate surface area is 81.9 Å². The predicted octanol–water partition coefficient (Wildman–Crippen LogP) is 3.00. The number of hydrogen-bond donors (Lipinski definition) is 1. The molecule has 0 fully saturated rings. The van der Waals surface area contributed by atoms with Gasteiger partial charge in [0.1, 0.15) is 0 Å². The minimum Gasteiger partial charge on any atom is -0.388 e. The lowest BCUT2D eigenvalue weighted by Gasteiger charge is -2.08. The molecule has 0 saturated heterocycles. The van der Waals surface area contributed by atoms with Crippen LogP contribution in [0, 0.1) is 0 Å². The molecule has 0 amide bonds. The summed E-state index contributed by atoms with van der Waals surface area (Å²) >= 11 is 11.2. The van der Waals surface area contributed by atoms with Crippen molar-refractivity contribution in [2.75, 3.05) is 5.88 Å². The highest BCUT2D eigenvalue weighted by Gasteiger charge is 2.05. The highest BCUT2D eigenvalue weighted by molar-refractivity contribution is 6.30. The van der Waals surface area contributed by atoms with E-state index in [0.717, 1.165) is 5.56 Å². The quantitative estimate of drug-likeness (QED) is 0.752. The molecule has 12 heavy (non-hydrogen) atoms. The zero-order valence-corrected chi connectivity index (χ0v) is 8.02. The van der Waals surface area contributed by atoms with E-state index in [0.29, 0.717) is 17.3 Å². The number of aliphatic hydroxyl groups is 1. The Bertz CT molecular complexity index is 233. The Balaban J connectivity index is 2.68. The molecule has 0 radical (unpaired) electrons. The molecule has 0 bridgehead atoms. The third-order valence-electron chi connectivity index (χ3n) is 1.64. The van der Waals surface area contributed by atoms with Crippen molar-refractivity contribution in [3.63, 3.8) is 0 Å². The van der Waals surface area contributed by atoms with Crippen molar-refractivity contribution in [3.8, 4) is 0 Å². The van der Waals surface area contributed by atoms with Crippen molar-refractivity contribution in [1.29, 1.82) is 0 Å². The number of halogens is 2. The molecule has 1 atom stereocenters. The molecule has 0 spiro atoms. The average Bonchev–Trinajstić information content (AvgIpc) is 2.06. The fraction of sp³-hybridized carbons (Fsp3) is 0.333. The maximum Gasteiger partial charge on any atom is 0.0801 e. The van der Waals surface area contributed by atoms with Crippen LogP contribution in [0.4, 0.5) is 0 Å². The highest BCUT2D eigenvalue weighted by atomic mass is 35.5. The van der Waals surface area contributed by atoms with Crippen LogP contribution in [-0.4, -0.2) is 11.0 Å². The summed E-state index contributed by atoms with van der Waals surface area (Å²) < 4.78 is 0. The van der Waals surface area contributed by atoms with E-state index in [9.17, 15) is 5.11 Å². The molecular weight excluding hydrogens is 195 g/mol. The van der Waals surface area contributed by atoms with E-state index in [-0.39, 0.29) is 0 Å². The van der Waals surface area contributed by atoms with Crippen molar-refractivity contribution < 1.29 is 5.11 Å². The molecule has 1 N–H and O–H groups in total. The van der Waals surface area contributed by atoms with E-state index in [1.165, 1.54) is 0 Å². The summed E-state index contributed by atoms with van der Waals surface area (Å²) in [6.07, 6.45) is 0.100. The van der Waals surface area contributed by atoms with Crippen LogP contribution in [0.5, 0.6) is 0 Å². The van der Waals surface area contributed by atoms with E-state index in [2.05, 4.69) is 0 Å². The number of aliphatic hydroxyl groups excluding tert-OH is 1. The SMILES string of the molecule is O[C@H](CCCl)c1ccc(Cl)cc1. The van der Waals surface area contributed by atoms with Crippen LogP contribution in [0.3, 0.4) is 0 Å². The molecule has 0 aliphatic heterocycles. The summed E-state index contributed by atoms with van der Waals surface area (Å²) in [5.74, 6) is 0.462. The molecule has 1 aromatic carbocycles. The van der Waals surface area contributed by atoms with Gasteiger partial charge in [0, 0.05) is 10.9 Å². The van der Waals surface area contributed by atoms with E-state index in [1.807, 2.05) is 0 Å². The van der Waals surface area contributed by atoms with Gasteiger partial charge in [-0.15, -0.1) is 11.6 Å². The monoisotopic (exact) mass is 204 g/mol. The van der Waals surface area contributed by atoms with Crippen LogP contribution in [-0.2, 0) is 0 Å². The predicted molar refractivity (Wildman–Crippen MR) is 51.7 cm³/mol. The van der Waals surface area contributed by atoms with Gasteiger partial charge in [0.05, 0.1) is 6.10 Å². The van der Waals surface area contributed by atoms with E-state index < -0.39 is 6.10 Å². The van der Waals surface area contributed by atoms with Crippen LogP contribution >= 0.6 is 23.2 Å². The number of hydrogen-bond acceptors (Lipinski definition) is 1. The van der Waals surface area contributed by atoms with Gasteiger partial charge in [0.25, 0.3) is 0 Å². The van der Waals surface area contributed by atoms with Crippen molar-refractivity contribution in [2.24, 2.45) is 0 Å². The maximum atomic E-state index is 9.48. The third kappa shape index (κ3) is 2.67. The number of rotatable bonds is 3. The first kappa shape index (κ1) is 9.85. The Morgan fingerprint density at radius 3 is 2.33 bits per heavy atom. The minimum atomic E-state index is -0.472.